The lowest BCUT2D eigenvalue weighted by atomic mass is 9.99. The van der Waals surface area contributed by atoms with E-state index in [4.69, 9.17) is 14.2 Å². The molecule has 0 saturated heterocycles. The molecule has 1 N–H and O–H groups in total. The Morgan fingerprint density at radius 2 is 1.71 bits per heavy atom. The minimum absolute atomic E-state index is 0.0631. The van der Waals surface area contributed by atoms with Crippen molar-refractivity contribution >= 4 is 11.8 Å². The second-order valence-electron chi connectivity index (χ2n) is 8.36. The number of carbonyl (C=O) groups excluding carboxylic acids is 1. The van der Waals surface area contributed by atoms with Crippen molar-refractivity contribution in [3.05, 3.63) is 95.1 Å². The maximum Gasteiger partial charge on any atom is 0.333 e. The Morgan fingerprint density at radius 3 is 2.40 bits per heavy atom. The van der Waals surface area contributed by atoms with Crippen LogP contribution in [0, 0.1) is 0 Å². The first kappa shape index (κ1) is 26.0. The number of aryl methyl sites for hydroxylation is 1. The minimum Gasteiger partial charge on any atom is -0.493 e. The van der Waals surface area contributed by atoms with Gasteiger partial charge in [-0.2, -0.15) is 0 Å². The van der Waals surface area contributed by atoms with Gasteiger partial charge >= 0.3 is 5.97 Å². The molecule has 0 saturated carbocycles. The predicted octanol–water partition coefficient (Wildman–Crippen LogP) is 5.36. The van der Waals surface area contributed by atoms with Crippen molar-refractivity contribution in [1.82, 2.24) is 0 Å². The van der Waals surface area contributed by atoms with Crippen LogP contribution in [0.3, 0.4) is 0 Å². The Bertz CT molecular complexity index is 1130. The number of ketones is 1. The van der Waals surface area contributed by atoms with E-state index in [1.807, 2.05) is 67.6 Å². The predicted molar refractivity (Wildman–Crippen MR) is 134 cm³/mol. The highest BCUT2D eigenvalue weighted by atomic mass is 16.5. The number of carbonyl (C=O) groups is 2. The first-order valence-corrected chi connectivity index (χ1v) is 11.8. The fourth-order valence-corrected chi connectivity index (χ4v) is 3.69. The summed E-state index contributed by atoms with van der Waals surface area (Å²) in [5.41, 5.74) is 3.08. The number of methoxy groups -OCH3 is 1. The Morgan fingerprint density at radius 1 is 0.943 bits per heavy atom. The average molecular weight is 477 g/mol. The molecule has 3 rings (SSSR count). The van der Waals surface area contributed by atoms with Crippen LogP contribution < -0.4 is 9.47 Å². The van der Waals surface area contributed by atoms with E-state index in [2.05, 4.69) is 6.92 Å². The molecule has 3 aromatic carbocycles. The summed E-state index contributed by atoms with van der Waals surface area (Å²) >= 11 is 0. The number of carboxylic acids is 1. The summed E-state index contributed by atoms with van der Waals surface area (Å²) in [6, 6.07) is 22.3. The molecular weight excluding hydrogens is 444 g/mol. The van der Waals surface area contributed by atoms with Crippen molar-refractivity contribution < 1.29 is 28.9 Å². The molecule has 0 bridgehead atoms. The van der Waals surface area contributed by atoms with Crippen molar-refractivity contribution in [3.8, 4) is 11.5 Å². The first-order valence-electron chi connectivity index (χ1n) is 11.8. The average Bonchev–Trinajstić information content (AvgIpc) is 2.87. The van der Waals surface area contributed by atoms with Crippen molar-refractivity contribution in [1.29, 1.82) is 0 Å². The molecule has 0 fully saturated rings. The zero-order valence-electron chi connectivity index (χ0n) is 20.4. The maximum atomic E-state index is 13.1. The lowest BCUT2D eigenvalue weighted by molar-refractivity contribution is -0.148. The van der Waals surface area contributed by atoms with Gasteiger partial charge in [-0.15, -0.1) is 0 Å². The molecule has 6 heteroatoms. The summed E-state index contributed by atoms with van der Waals surface area (Å²) in [5.74, 6) is 0.154. The number of rotatable bonds is 13. The van der Waals surface area contributed by atoms with E-state index in [-0.39, 0.29) is 18.3 Å². The number of carboxylic acid groups (broad SMARTS) is 1. The highest BCUT2D eigenvalue weighted by molar-refractivity contribution is 6.10. The molecule has 1 unspecified atom stereocenters. The first-order chi connectivity index (χ1) is 16.9. The number of aliphatic carboxylic acids is 1. The molecule has 0 spiro atoms. The quantitative estimate of drug-likeness (QED) is 0.335. The molecular formula is C29H32O6. The summed E-state index contributed by atoms with van der Waals surface area (Å²) < 4.78 is 17.1. The van der Waals surface area contributed by atoms with Gasteiger partial charge in [-0.05, 0) is 48.7 Å². The van der Waals surface area contributed by atoms with Crippen LogP contribution in [0.4, 0.5) is 0 Å². The molecule has 0 amide bonds. The second-order valence-corrected chi connectivity index (χ2v) is 8.36. The van der Waals surface area contributed by atoms with Gasteiger partial charge in [0, 0.05) is 25.5 Å². The number of hydrogen-bond acceptors (Lipinski definition) is 5. The van der Waals surface area contributed by atoms with Gasteiger partial charge in [0.1, 0.15) is 11.5 Å². The van der Waals surface area contributed by atoms with Gasteiger partial charge in [-0.3, -0.25) is 4.79 Å². The summed E-state index contributed by atoms with van der Waals surface area (Å²) in [6.07, 6.45) is 0.613. The topological polar surface area (TPSA) is 82.1 Å². The fourth-order valence-electron chi connectivity index (χ4n) is 3.69. The van der Waals surface area contributed by atoms with Crippen LogP contribution in [-0.4, -0.2) is 42.8 Å². The fraction of sp³-hybridized carbons (Fsp3) is 0.310. The Balaban J connectivity index is 1.61. The Labute approximate surface area is 206 Å². The van der Waals surface area contributed by atoms with E-state index in [1.54, 1.807) is 12.1 Å². The van der Waals surface area contributed by atoms with E-state index in [0.717, 1.165) is 17.5 Å². The standard InChI is InChI=1S/C29H32O6/c1-4-21-13-14-26(25(18-21)28(30)23-10-6-5-7-11-23)35-20(2)15-16-34-24-12-8-9-22(17-24)19-27(33-3)29(31)32/h5-14,17-18,20,27H,4,15-16,19H2,1-3H3,(H,31,32)/t20?,27-/m0/s1. The molecule has 0 aliphatic heterocycles. The van der Waals surface area contributed by atoms with Gasteiger partial charge in [-0.1, -0.05) is 55.5 Å². The molecule has 0 aromatic heterocycles. The minimum atomic E-state index is -0.998. The summed E-state index contributed by atoms with van der Waals surface area (Å²) in [7, 11) is 1.38. The van der Waals surface area contributed by atoms with Crippen LogP contribution in [0.15, 0.2) is 72.8 Å². The van der Waals surface area contributed by atoms with Gasteiger partial charge in [0.15, 0.2) is 11.9 Å². The van der Waals surface area contributed by atoms with Gasteiger partial charge < -0.3 is 19.3 Å². The SMILES string of the molecule is CCc1ccc(OC(C)CCOc2cccc(C[C@H](OC)C(=O)O)c2)c(C(=O)c2ccccc2)c1. The third-order valence-corrected chi connectivity index (χ3v) is 5.73. The van der Waals surface area contributed by atoms with E-state index in [9.17, 15) is 14.7 Å². The third-order valence-electron chi connectivity index (χ3n) is 5.73. The lowest BCUT2D eigenvalue weighted by Gasteiger charge is -2.18. The molecule has 184 valence electrons. The largest absolute Gasteiger partial charge is 0.493 e. The van der Waals surface area contributed by atoms with Crippen molar-refractivity contribution in [3.63, 3.8) is 0 Å². The van der Waals surface area contributed by atoms with E-state index in [1.165, 1.54) is 7.11 Å². The van der Waals surface area contributed by atoms with Gasteiger partial charge in [0.05, 0.1) is 18.3 Å². The smallest absolute Gasteiger partial charge is 0.333 e. The molecule has 0 radical (unpaired) electrons. The normalized spacial score (nSPS) is 12.5. The van der Waals surface area contributed by atoms with Crippen molar-refractivity contribution in [2.24, 2.45) is 0 Å². The van der Waals surface area contributed by atoms with Crippen LogP contribution >= 0.6 is 0 Å². The lowest BCUT2D eigenvalue weighted by Crippen LogP contribution is -2.24. The zero-order chi connectivity index (χ0) is 25.2. The van der Waals surface area contributed by atoms with Gasteiger partial charge in [0.25, 0.3) is 0 Å². The van der Waals surface area contributed by atoms with Crippen molar-refractivity contribution in [2.45, 2.75) is 45.3 Å². The van der Waals surface area contributed by atoms with Crippen LogP contribution in [-0.2, 0) is 22.4 Å². The van der Waals surface area contributed by atoms with Crippen molar-refractivity contribution in [2.75, 3.05) is 13.7 Å². The Kier molecular flexibility index (Phi) is 9.44. The Hall–Kier alpha value is -3.64. The number of benzene rings is 3. The van der Waals surface area contributed by atoms with E-state index < -0.39 is 12.1 Å². The van der Waals surface area contributed by atoms with Gasteiger partial charge in [-0.25, -0.2) is 4.79 Å². The van der Waals surface area contributed by atoms with E-state index >= 15 is 0 Å². The molecule has 0 aliphatic rings. The highest BCUT2D eigenvalue weighted by Crippen LogP contribution is 2.26. The van der Waals surface area contributed by atoms with Crippen LogP contribution in [0.1, 0.15) is 47.3 Å². The molecule has 0 heterocycles. The van der Waals surface area contributed by atoms with Crippen LogP contribution in [0.2, 0.25) is 0 Å². The van der Waals surface area contributed by atoms with Crippen LogP contribution in [0.5, 0.6) is 11.5 Å². The summed E-state index contributed by atoms with van der Waals surface area (Å²) in [4.78, 5) is 24.3. The highest BCUT2D eigenvalue weighted by Gasteiger charge is 2.18. The summed E-state index contributed by atoms with van der Waals surface area (Å²) in [6.45, 7) is 4.41. The molecule has 35 heavy (non-hydrogen) atoms. The van der Waals surface area contributed by atoms with E-state index in [0.29, 0.717) is 35.7 Å². The number of ether oxygens (including phenoxy) is 3. The maximum absolute atomic E-state index is 13.1. The summed E-state index contributed by atoms with van der Waals surface area (Å²) in [5, 5.41) is 9.18. The molecule has 2 atom stereocenters. The molecule has 3 aromatic rings. The molecule has 6 nitrogen and oxygen atoms in total. The van der Waals surface area contributed by atoms with Crippen LogP contribution in [0.25, 0.3) is 0 Å². The molecule has 0 aliphatic carbocycles. The van der Waals surface area contributed by atoms with Gasteiger partial charge in [0.2, 0.25) is 0 Å². The third kappa shape index (κ3) is 7.42. The zero-order valence-corrected chi connectivity index (χ0v) is 20.4. The second kappa shape index (κ2) is 12.7. The number of hydrogen-bond donors (Lipinski definition) is 1. The monoisotopic (exact) mass is 476 g/mol.